The molecule has 0 spiro atoms. The Morgan fingerprint density at radius 1 is 1.18 bits per heavy atom. The molecule has 1 aliphatic rings. The second-order valence-electron chi connectivity index (χ2n) is 10.8. The number of amides is 2. The molecule has 44 heavy (non-hydrogen) atoms. The highest BCUT2D eigenvalue weighted by Gasteiger charge is 2.41. The van der Waals surface area contributed by atoms with Crippen molar-refractivity contribution in [3.63, 3.8) is 0 Å². The van der Waals surface area contributed by atoms with Gasteiger partial charge in [0.05, 0.1) is 53.8 Å². The molecular weight excluding hydrogens is 608 g/mol. The van der Waals surface area contributed by atoms with Gasteiger partial charge in [0.1, 0.15) is 5.82 Å². The first kappa shape index (κ1) is 33.1. The van der Waals surface area contributed by atoms with Crippen molar-refractivity contribution < 1.29 is 49.4 Å². The maximum atomic E-state index is 14.1. The standard InChI is InChI=1S/C27H30F8N6O3/c1-14(37-20(42)6-9-26(30,31)32)16-2-3-18-19(12-16)39-24(38-18)21(15-4-7-25(28,29)8-5-15)22-17(23(36)43)13-41(40-22)10-11-44-27(33,34)35/h2-3,12-15,21H,4-11H2,1H3,(H2,36,43)(H,37,42)(H,38,39)/t14-,21+/m1/s1. The number of nitrogens with zero attached hydrogens (tertiary/aromatic N) is 3. The molecule has 0 radical (unpaired) electrons. The van der Waals surface area contributed by atoms with Crippen molar-refractivity contribution in [1.29, 1.82) is 0 Å². The largest absolute Gasteiger partial charge is 0.522 e. The molecule has 2 aromatic heterocycles. The van der Waals surface area contributed by atoms with Gasteiger partial charge in [-0.25, -0.2) is 13.8 Å². The second-order valence-corrected chi connectivity index (χ2v) is 10.8. The monoisotopic (exact) mass is 638 g/mol. The number of aromatic amines is 1. The molecular formula is C27H30F8N6O3. The SMILES string of the molecule is C[C@@H](NC(=O)CCC(F)(F)F)c1ccc2nc([C@H](c3nn(CCOC(F)(F)F)cc3C(N)=O)C3CCC(F)(F)CC3)[nH]c2c1. The first-order valence-corrected chi connectivity index (χ1v) is 13.7. The maximum absolute atomic E-state index is 14.1. The number of aromatic nitrogens is 4. The number of alkyl halides is 8. The van der Waals surface area contributed by atoms with Crippen LogP contribution in [-0.4, -0.2) is 56.6 Å². The summed E-state index contributed by atoms with van der Waals surface area (Å²) in [6.45, 7) is 0.399. The van der Waals surface area contributed by atoms with E-state index in [2.05, 4.69) is 25.1 Å². The molecule has 2 heterocycles. The molecule has 1 aliphatic carbocycles. The van der Waals surface area contributed by atoms with Crippen LogP contribution in [0.2, 0.25) is 0 Å². The first-order valence-electron chi connectivity index (χ1n) is 13.7. The van der Waals surface area contributed by atoms with E-state index >= 15 is 0 Å². The van der Waals surface area contributed by atoms with Crippen LogP contribution in [0.25, 0.3) is 11.0 Å². The van der Waals surface area contributed by atoms with E-state index in [0.717, 1.165) is 4.68 Å². The van der Waals surface area contributed by atoms with Gasteiger partial charge >= 0.3 is 12.5 Å². The Bertz CT molecular complexity index is 1470. The zero-order valence-corrected chi connectivity index (χ0v) is 23.4. The van der Waals surface area contributed by atoms with Crippen molar-refractivity contribution in [2.24, 2.45) is 11.7 Å². The Kier molecular flexibility index (Phi) is 9.56. The van der Waals surface area contributed by atoms with Gasteiger partial charge in [-0.2, -0.15) is 18.3 Å². The van der Waals surface area contributed by atoms with Crippen LogP contribution in [0.5, 0.6) is 0 Å². The molecule has 3 aromatic rings. The lowest BCUT2D eigenvalue weighted by atomic mass is 9.76. The number of nitrogens with two attached hydrogens (primary N) is 1. The average Bonchev–Trinajstić information content (AvgIpc) is 3.51. The molecule has 0 unspecified atom stereocenters. The quantitative estimate of drug-likeness (QED) is 0.227. The number of ether oxygens (including phenoxy) is 1. The van der Waals surface area contributed by atoms with Crippen LogP contribution < -0.4 is 11.1 Å². The molecule has 0 saturated heterocycles. The number of primary amides is 1. The molecule has 1 fully saturated rings. The summed E-state index contributed by atoms with van der Waals surface area (Å²) < 4.78 is 108. The number of H-pyrrole nitrogens is 1. The van der Waals surface area contributed by atoms with E-state index in [0.29, 0.717) is 16.6 Å². The lowest BCUT2D eigenvalue weighted by Crippen LogP contribution is -2.29. The van der Waals surface area contributed by atoms with Crippen molar-refractivity contribution in [2.75, 3.05) is 6.61 Å². The fourth-order valence-electron chi connectivity index (χ4n) is 5.31. The molecule has 9 nitrogen and oxygen atoms in total. The normalized spacial score (nSPS) is 17.5. The number of rotatable bonds is 11. The van der Waals surface area contributed by atoms with E-state index in [1.165, 1.54) is 6.20 Å². The number of fused-ring (bicyclic) bond motifs is 1. The Balaban J connectivity index is 1.65. The van der Waals surface area contributed by atoms with E-state index in [4.69, 9.17) is 5.73 Å². The van der Waals surface area contributed by atoms with Crippen LogP contribution in [0.15, 0.2) is 24.4 Å². The van der Waals surface area contributed by atoms with Crippen LogP contribution in [-0.2, 0) is 16.1 Å². The Morgan fingerprint density at radius 2 is 1.86 bits per heavy atom. The van der Waals surface area contributed by atoms with Crippen LogP contribution in [0.1, 0.15) is 84.8 Å². The summed E-state index contributed by atoms with van der Waals surface area (Å²) in [4.78, 5) is 32.1. The number of hydrogen-bond acceptors (Lipinski definition) is 5. The summed E-state index contributed by atoms with van der Waals surface area (Å²) in [6, 6.07) is 4.16. The van der Waals surface area contributed by atoms with Crippen molar-refractivity contribution in [1.82, 2.24) is 25.1 Å². The third-order valence-corrected chi connectivity index (χ3v) is 7.50. The van der Waals surface area contributed by atoms with Crippen molar-refractivity contribution in [3.8, 4) is 0 Å². The van der Waals surface area contributed by atoms with E-state index in [1.54, 1.807) is 25.1 Å². The molecule has 242 valence electrons. The number of carbonyl (C=O) groups is 2. The van der Waals surface area contributed by atoms with Crippen LogP contribution >= 0.6 is 0 Å². The van der Waals surface area contributed by atoms with Gasteiger partial charge < -0.3 is 16.0 Å². The van der Waals surface area contributed by atoms with Gasteiger partial charge in [-0.15, -0.1) is 13.2 Å². The van der Waals surface area contributed by atoms with Gasteiger partial charge in [-0.05, 0) is 43.4 Å². The minimum Gasteiger partial charge on any atom is -0.365 e. The summed E-state index contributed by atoms with van der Waals surface area (Å²) in [7, 11) is 0. The third kappa shape index (κ3) is 8.66. The third-order valence-electron chi connectivity index (χ3n) is 7.50. The molecule has 17 heteroatoms. The Hall–Kier alpha value is -3.76. The predicted molar refractivity (Wildman–Crippen MR) is 139 cm³/mol. The van der Waals surface area contributed by atoms with Crippen LogP contribution in [0, 0.1) is 5.92 Å². The highest BCUT2D eigenvalue weighted by Crippen LogP contribution is 2.45. The lowest BCUT2D eigenvalue weighted by Gasteiger charge is -2.32. The smallest absolute Gasteiger partial charge is 0.365 e. The molecule has 0 bridgehead atoms. The average molecular weight is 639 g/mol. The zero-order chi connectivity index (χ0) is 32.4. The fraction of sp³-hybridized carbons (Fsp3) is 0.556. The van der Waals surface area contributed by atoms with Crippen LogP contribution in [0.3, 0.4) is 0 Å². The molecule has 1 saturated carbocycles. The Labute approximate surface area is 245 Å². The van der Waals surface area contributed by atoms with Gasteiger partial charge in [0, 0.05) is 25.5 Å². The summed E-state index contributed by atoms with van der Waals surface area (Å²) in [5.41, 5.74) is 6.92. The van der Waals surface area contributed by atoms with Gasteiger partial charge in [0.2, 0.25) is 11.8 Å². The number of benzene rings is 1. The number of hydrogen-bond donors (Lipinski definition) is 3. The number of carbonyl (C=O) groups excluding carboxylic acids is 2. The molecule has 4 rings (SSSR count). The van der Waals surface area contributed by atoms with Gasteiger partial charge in [0.15, 0.2) is 0 Å². The van der Waals surface area contributed by atoms with E-state index in [-0.39, 0.29) is 36.5 Å². The summed E-state index contributed by atoms with van der Waals surface area (Å²) in [5, 5.41) is 6.82. The van der Waals surface area contributed by atoms with Crippen molar-refractivity contribution >= 4 is 22.8 Å². The molecule has 0 aliphatic heterocycles. The fourth-order valence-corrected chi connectivity index (χ4v) is 5.31. The molecule has 2 amide bonds. The number of nitrogens with one attached hydrogen (secondary N) is 2. The van der Waals surface area contributed by atoms with Gasteiger partial charge in [0.25, 0.3) is 5.91 Å². The Morgan fingerprint density at radius 3 is 2.48 bits per heavy atom. The van der Waals surface area contributed by atoms with E-state index in [9.17, 15) is 44.7 Å². The first-order chi connectivity index (χ1) is 20.4. The molecule has 1 aromatic carbocycles. The van der Waals surface area contributed by atoms with Gasteiger partial charge in [-0.3, -0.25) is 19.0 Å². The van der Waals surface area contributed by atoms with E-state index < -0.39 is 80.4 Å². The lowest BCUT2D eigenvalue weighted by molar-refractivity contribution is -0.325. The summed E-state index contributed by atoms with van der Waals surface area (Å²) in [6.07, 6.45) is -11.0. The van der Waals surface area contributed by atoms with Crippen LogP contribution in [0.4, 0.5) is 35.1 Å². The highest BCUT2D eigenvalue weighted by molar-refractivity contribution is 5.94. The minimum atomic E-state index is -4.88. The second kappa shape index (κ2) is 12.7. The van der Waals surface area contributed by atoms with Gasteiger partial charge in [-0.1, -0.05) is 6.07 Å². The maximum Gasteiger partial charge on any atom is 0.522 e. The van der Waals surface area contributed by atoms with Crippen molar-refractivity contribution in [2.45, 2.75) is 82.4 Å². The topological polar surface area (TPSA) is 128 Å². The molecule has 2 atom stereocenters. The minimum absolute atomic E-state index is 0.0310. The highest BCUT2D eigenvalue weighted by atomic mass is 19.4. The van der Waals surface area contributed by atoms with E-state index in [1.807, 2.05) is 0 Å². The summed E-state index contributed by atoms with van der Waals surface area (Å²) >= 11 is 0. The number of imidazole rings is 1. The zero-order valence-electron chi connectivity index (χ0n) is 23.4. The molecule has 4 N–H and O–H groups in total. The summed E-state index contributed by atoms with van der Waals surface area (Å²) in [5.74, 6) is -5.71. The number of halogens is 8. The predicted octanol–water partition coefficient (Wildman–Crippen LogP) is 5.87. The van der Waals surface area contributed by atoms with Crippen molar-refractivity contribution in [3.05, 3.63) is 47.0 Å².